The summed E-state index contributed by atoms with van der Waals surface area (Å²) in [5.41, 5.74) is 1.17. The van der Waals surface area contributed by atoms with Crippen LogP contribution in [0.2, 0.25) is 0 Å². The molecule has 66 heavy (non-hydrogen) atoms. The van der Waals surface area contributed by atoms with Gasteiger partial charge in [-0.15, -0.1) is 0 Å². The molecule has 22 heteroatoms. The second-order valence-electron chi connectivity index (χ2n) is 15.5. The highest BCUT2D eigenvalue weighted by molar-refractivity contribution is 5.88. The van der Waals surface area contributed by atoms with Crippen LogP contribution in [0, 0.1) is 0 Å². The lowest BCUT2D eigenvalue weighted by molar-refractivity contribution is -0.362. The zero-order chi connectivity index (χ0) is 47.8. The maximum atomic E-state index is 13.5. The van der Waals surface area contributed by atoms with Gasteiger partial charge in [0.15, 0.2) is 65.6 Å². The first kappa shape index (κ1) is 49.8. The van der Waals surface area contributed by atoms with Crippen LogP contribution in [0.25, 0.3) is 12.2 Å². The van der Waals surface area contributed by atoms with Gasteiger partial charge in [0, 0.05) is 12.2 Å². The van der Waals surface area contributed by atoms with Crippen LogP contribution < -0.4 is 4.74 Å². The fourth-order valence-corrected chi connectivity index (χ4v) is 7.10. The zero-order valence-electron chi connectivity index (χ0n) is 35.3. The van der Waals surface area contributed by atoms with Crippen molar-refractivity contribution in [1.82, 2.24) is 0 Å². The minimum Gasteiger partial charge on any atom is -0.504 e. The maximum absolute atomic E-state index is 13.5. The van der Waals surface area contributed by atoms with Crippen molar-refractivity contribution in [3.63, 3.8) is 0 Å². The predicted molar refractivity (Wildman–Crippen MR) is 221 cm³/mol. The van der Waals surface area contributed by atoms with E-state index in [0.29, 0.717) is 11.1 Å². The number of esters is 2. The van der Waals surface area contributed by atoms with Crippen LogP contribution in [0.5, 0.6) is 34.5 Å². The number of hydrogen-bond acceptors (Lipinski definition) is 22. The molecular formula is C44H52O22. The molecule has 14 atom stereocenters. The predicted octanol–water partition coefficient (Wildman–Crippen LogP) is -0.574. The number of hydrogen-bond donors (Lipinski definition) is 11. The largest absolute Gasteiger partial charge is 0.504 e. The van der Waals surface area contributed by atoms with Crippen LogP contribution in [0.3, 0.4) is 0 Å². The highest BCUT2D eigenvalue weighted by atomic mass is 16.8. The molecule has 3 aromatic rings. The van der Waals surface area contributed by atoms with Crippen molar-refractivity contribution in [3.8, 4) is 34.5 Å². The van der Waals surface area contributed by atoms with Gasteiger partial charge in [-0.1, -0.05) is 18.2 Å². The first-order chi connectivity index (χ1) is 31.4. The number of carbonyl (C=O) groups excluding carboxylic acids is 2. The Morgan fingerprint density at radius 3 is 1.91 bits per heavy atom. The Morgan fingerprint density at radius 1 is 0.636 bits per heavy atom. The summed E-state index contributed by atoms with van der Waals surface area (Å²) in [6.07, 6.45) is -18.8. The molecule has 0 aromatic heterocycles. The molecule has 0 aliphatic carbocycles. The van der Waals surface area contributed by atoms with E-state index in [9.17, 15) is 65.8 Å². The van der Waals surface area contributed by atoms with Crippen molar-refractivity contribution in [2.75, 3.05) is 26.9 Å². The number of aromatic hydroxyl groups is 5. The number of rotatable bonds is 16. The fourth-order valence-electron chi connectivity index (χ4n) is 7.10. The third kappa shape index (κ3) is 12.2. The standard InChI is InChI=1S/C44H52O22/c1-20-34(53)36(55)37(56)43(62-20)66-40-38(57)42(59-14-13-23-4-9-25(46)28(49)16-23)63-31(39(40)64-32(51)11-6-21-3-8-24(45)27(48)15-21)19-61-44-41(35(54)29(50)18-60-44)65-33(52)12-7-22-5-10-26(47)30(17-22)58-2/h3-12,15-17,20,29,31,34-50,53-57H,13-14,18-19H2,1-2H3. The Bertz CT molecular complexity index is 2180. The average molecular weight is 933 g/mol. The highest BCUT2D eigenvalue weighted by Gasteiger charge is 2.53. The lowest BCUT2D eigenvalue weighted by atomic mass is 9.96. The van der Waals surface area contributed by atoms with Crippen molar-refractivity contribution < 1.29 is 108 Å². The van der Waals surface area contributed by atoms with Crippen LogP contribution in [0.4, 0.5) is 0 Å². The van der Waals surface area contributed by atoms with E-state index in [4.69, 9.17) is 42.6 Å². The van der Waals surface area contributed by atoms with E-state index in [-0.39, 0.29) is 35.8 Å². The highest BCUT2D eigenvalue weighted by Crippen LogP contribution is 2.34. The van der Waals surface area contributed by atoms with E-state index in [0.717, 1.165) is 18.2 Å². The molecule has 3 fully saturated rings. The Kier molecular flexibility index (Phi) is 16.8. The molecule has 3 saturated heterocycles. The van der Waals surface area contributed by atoms with Gasteiger partial charge >= 0.3 is 11.9 Å². The Morgan fingerprint density at radius 2 is 1.26 bits per heavy atom. The number of aliphatic hydroxyl groups is 6. The van der Waals surface area contributed by atoms with Crippen molar-refractivity contribution in [1.29, 1.82) is 0 Å². The normalized spacial score (nSPS) is 31.5. The molecule has 3 aliphatic heterocycles. The molecule has 3 aromatic carbocycles. The monoisotopic (exact) mass is 932 g/mol. The van der Waals surface area contributed by atoms with Gasteiger partial charge < -0.3 is 98.8 Å². The van der Waals surface area contributed by atoms with E-state index in [1.54, 1.807) is 0 Å². The number of methoxy groups -OCH3 is 1. The number of ether oxygens (including phenoxy) is 9. The second kappa shape index (κ2) is 22.3. The van der Waals surface area contributed by atoms with E-state index in [2.05, 4.69) is 0 Å². The zero-order valence-corrected chi connectivity index (χ0v) is 35.3. The van der Waals surface area contributed by atoms with Crippen molar-refractivity contribution in [2.24, 2.45) is 0 Å². The smallest absolute Gasteiger partial charge is 0.331 e. The van der Waals surface area contributed by atoms with E-state index in [1.807, 2.05) is 0 Å². The van der Waals surface area contributed by atoms with E-state index >= 15 is 0 Å². The second-order valence-corrected chi connectivity index (χ2v) is 15.5. The molecule has 6 rings (SSSR count). The Hall–Kier alpha value is -5.60. The van der Waals surface area contributed by atoms with Gasteiger partial charge in [0.1, 0.15) is 48.8 Å². The molecule has 0 radical (unpaired) electrons. The quantitative estimate of drug-likeness (QED) is 0.0486. The SMILES string of the molecule is COc1cc(C=CC(=O)OC2C(OCC3OC(OCCc4ccc(O)c(O)c4)C(O)C(OC4OC(C)C(O)C(O)C4O)C3OC(=O)C=Cc3ccc(O)c(O)c3)OCC(O)C2O)ccc1O. The summed E-state index contributed by atoms with van der Waals surface area (Å²) in [6, 6.07) is 12.0. The third-order valence-corrected chi connectivity index (χ3v) is 10.8. The summed E-state index contributed by atoms with van der Waals surface area (Å²) in [4.78, 5) is 26.6. The van der Waals surface area contributed by atoms with Gasteiger partial charge in [0.25, 0.3) is 0 Å². The minimum atomic E-state index is -1.91. The van der Waals surface area contributed by atoms with Gasteiger partial charge in [-0.25, -0.2) is 9.59 Å². The van der Waals surface area contributed by atoms with Crippen LogP contribution >= 0.6 is 0 Å². The molecule has 22 nitrogen and oxygen atoms in total. The Labute approximate surface area is 376 Å². The Balaban J connectivity index is 1.28. The van der Waals surface area contributed by atoms with Crippen molar-refractivity contribution in [2.45, 2.75) is 99.4 Å². The molecule has 0 amide bonds. The van der Waals surface area contributed by atoms with Gasteiger partial charge in [-0.2, -0.15) is 0 Å². The maximum Gasteiger partial charge on any atom is 0.331 e. The molecule has 3 heterocycles. The van der Waals surface area contributed by atoms with Gasteiger partial charge in [-0.05, 0) is 78.6 Å². The molecule has 14 unspecified atom stereocenters. The summed E-state index contributed by atoms with van der Waals surface area (Å²) < 4.78 is 51.7. The number of carbonyl (C=O) groups is 2. The van der Waals surface area contributed by atoms with Crippen molar-refractivity contribution >= 4 is 24.1 Å². The lowest BCUT2D eigenvalue weighted by Crippen LogP contribution is -2.65. The molecular weight excluding hydrogens is 880 g/mol. The lowest BCUT2D eigenvalue weighted by Gasteiger charge is -2.47. The minimum absolute atomic E-state index is 0.0904. The first-order valence-corrected chi connectivity index (χ1v) is 20.5. The molecule has 3 aliphatic rings. The topological polar surface area (TPSA) is 340 Å². The number of phenols is 5. The summed E-state index contributed by atoms with van der Waals surface area (Å²) in [5, 5.41) is 114. The fraction of sp³-hybridized carbons (Fsp3) is 0.455. The van der Waals surface area contributed by atoms with Crippen LogP contribution in [-0.2, 0) is 53.9 Å². The summed E-state index contributed by atoms with van der Waals surface area (Å²) in [5.74, 6) is -3.81. The molecule has 0 spiro atoms. The van der Waals surface area contributed by atoms with E-state index in [1.165, 1.54) is 74.7 Å². The summed E-state index contributed by atoms with van der Waals surface area (Å²) in [6.45, 7) is -0.0243. The summed E-state index contributed by atoms with van der Waals surface area (Å²) >= 11 is 0. The molecule has 11 N–H and O–H groups in total. The van der Waals surface area contributed by atoms with Crippen LogP contribution in [0.15, 0.2) is 66.7 Å². The van der Waals surface area contributed by atoms with Crippen LogP contribution in [0.1, 0.15) is 23.6 Å². The molecule has 360 valence electrons. The van der Waals surface area contributed by atoms with Crippen molar-refractivity contribution in [3.05, 3.63) is 83.4 Å². The van der Waals surface area contributed by atoms with Gasteiger partial charge in [0.2, 0.25) is 0 Å². The summed E-state index contributed by atoms with van der Waals surface area (Å²) in [7, 11) is 1.34. The van der Waals surface area contributed by atoms with E-state index < -0.39 is 128 Å². The van der Waals surface area contributed by atoms with Gasteiger partial charge in [-0.3, -0.25) is 0 Å². The van der Waals surface area contributed by atoms with Gasteiger partial charge in [0.05, 0.1) is 33.0 Å². The molecule has 0 bridgehead atoms. The average Bonchev–Trinajstić information content (AvgIpc) is 3.29. The third-order valence-electron chi connectivity index (χ3n) is 10.8. The molecule has 0 saturated carbocycles. The number of aliphatic hydroxyl groups excluding tert-OH is 6. The van der Waals surface area contributed by atoms with Crippen LogP contribution in [-0.4, -0.2) is 181 Å². The number of phenolic OH excluding ortho intramolecular Hbond substituents is 5. The number of benzene rings is 3. The first-order valence-electron chi connectivity index (χ1n) is 20.5.